The van der Waals surface area contributed by atoms with Crippen molar-refractivity contribution in [2.45, 2.75) is 56.7 Å². The third-order valence-corrected chi connectivity index (χ3v) is 5.66. The van der Waals surface area contributed by atoms with E-state index in [1.165, 1.54) is 19.3 Å². The SMILES string of the molecule is CCC1CN(C(=O)C2CCCCCC2N)CCS1. The van der Waals surface area contributed by atoms with Crippen molar-refractivity contribution in [1.29, 1.82) is 0 Å². The number of amides is 1. The van der Waals surface area contributed by atoms with Crippen molar-refractivity contribution in [3.05, 3.63) is 0 Å². The first kappa shape index (κ1) is 14.2. The van der Waals surface area contributed by atoms with Gasteiger partial charge in [0, 0.05) is 30.1 Å². The Bertz CT molecular complexity index is 285. The van der Waals surface area contributed by atoms with E-state index in [4.69, 9.17) is 5.73 Å². The lowest BCUT2D eigenvalue weighted by Gasteiger charge is -2.35. The fraction of sp³-hybridized carbons (Fsp3) is 0.929. The minimum absolute atomic E-state index is 0.0908. The topological polar surface area (TPSA) is 46.3 Å². The van der Waals surface area contributed by atoms with Crippen LogP contribution in [0.15, 0.2) is 0 Å². The quantitative estimate of drug-likeness (QED) is 0.783. The molecule has 1 amide bonds. The van der Waals surface area contributed by atoms with E-state index < -0.39 is 0 Å². The molecule has 1 saturated heterocycles. The van der Waals surface area contributed by atoms with Crippen molar-refractivity contribution in [2.24, 2.45) is 11.7 Å². The van der Waals surface area contributed by atoms with Crippen LogP contribution in [0.5, 0.6) is 0 Å². The summed E-state index contributed by atoms with van der Waals surface area (Å²) in [6.07, 6.45) is 6.79. The van der Waals surface area contributed by atoms with Crippen LogP contribution in [0.2, 0.25) is 0 Å². The Hall–Kier alpha value is -0.220. The van der Waals surface area contributed by atoms with E-state index in [-0.39, 0.29) is 12.0 Å². The van der Waals surface area contributed by atoms with Gasteiger partial charge in [0.25, 0.3) is 0 Å². The van der Waals surface area contributed by atoms with Gasteiger partial charge in [0.15, 0.2) is 0 Å². The van der Waals surface area contributed by atoms with Gasteiger partial charge in [0.1, 0.15) is 0 Å². The van der Waals surface area contributed by atoms with Gasteiger partial charge in [0.05, 0.1) is 5.92 Å². The van der Waals surface area contributed by atoms with Gasteiger partial charge in [0.2, 0.25) is 5.91 Å². The van der Waals surface area contributed by atoms with E-state index in [1.807, 2.05) is 11.8 Å². The smallest absolute Gasteiger partial charge is 0.227 e. The van der Waals surface area contributed by atoms with E-state index in [1.54, 1.807) is 0 Å². The maximum atomic E-state index is 12.6. The Labute approximate surface area is 115 Å². The number of carbonyl (C=O) groups is 1. The van der Waals surface area contributed by atoms with E-state index in [0.717, 1.165) is 38.1 Å². The molecule has 3 atom stereocenters. The van der Waals surface area contributed by atoms with Crippen LogP contribution in [0.1, 0.15) is 45.4 Å². The fourth-order valence-corrected chi connectivity index (χ4v) is 4.22. The number of rotatable bonds is 2. The molecule has 0 aromatic heterocycles. The molecular weight excluding hydrogens is 244 g/mol. The third-order valence-electron chi connectivity index (χ3n) is 4.29. The second-order valence-corrected chi connectivity index (χ2v) is 7.00. The van der Waals surface area contributed by atoms with Crippen molar-refractivity contribution in [1.82, 2.24) is 4.90 Å². The maximum Gasteiger partial charge on any atom is 0.227 e. The fourth-order valence-electron chi connectivity index (χ4n) is 3.04. The lowest BCUT2D eigenvalue weighted by Crippen LogP contribution is -2.48. The summed E-state index contributed by atoms with van der Waals surface area (Å²) in [7, 11) is 0. The molecule has 2 rings (SSSR count). The number of nitrogens with two attached hydrogens (primary N) is 1. The van der Waals surface area contributed by atoms with Crippen LogP contribution >= 0.6 is 11.8 Å². The van der Waals surface area contributed by atoms with E-state index in [0.29, 0.717) is 11.2 Å². The number of thioether (sulfide) groups is 1. The van der Waals surface area contributed by atoms with Crippen molar-refractivity contribution in [2.75, 3.05) is 18.8 Å². The molecular formula is C14H26N2OS. The summed E-state index contributed by atoms with van der Waals surface area (Å²) in [6.45, 7) is 4.06. The predicted octanol–water partition coefficient (Wildman–Crippen LogP) is 2.25. The molecule has 4 heteroatoms. The molecule has 2 aliphatic rings. The minimum Gasteiger partial charge on any atom is -0.340 e. The molecule has 0 aromatic rings. The van der Waals surface area contributed by atoms with Crippen molar-refractivity contribution < 1.29 is 4.79 Å². The monoisotopic (exact) mass is 270 g/mol. The largest absolute Gasteiger partial charge is 0.340 e. The molecule has 3 nitrogen and oxygen atoms in total. The molecule has 18 heavy (non-hydrogen) atoms. The Kier molecular flexibility index (Phi) is 5.37. The van der Waals surface area contributed by atoms with Crippen LogP contribution < -0.4 is 5.73 Å². The van der Waals surface area contributed by atoms with Crippen molar-refractivity contribution in [3.8, 4) is 0 Å². The van der Waals surface area contributed by atoms with Gasteiger partial charge in [-0.05, 0) is 19.3 Å². The van der Waals surface area contributed by atoms with Gasteiger partial charge in [-0.2, -0.15) is 11.8 Å². The molecule has 1 saturated carbocycles. The van der Waals surface area contributed by atoms with Crippen LogP contribution in [0.4, 0.5) is 0 Å². The van der Waals surface area contributed by atoms with Crippen LogP contribution in [0.25, 0.3) is 0 Å². The van der Waals surface area contributed by atoms with Gasteiger partial charge in [-0.1, -0.05) is 26.2 Å². The van der Waals surface area contributed by atoms with Gasteiger partial charge in [-0.15, -0.1) is 0 Å². The average Bonchev–Trinajstić information content (AvgIpc) is 2.62. The Morgan fingerprint density at radius 1 is 1.33 bits per heavy atom. The molecule has 2 fully saturated rings. The third kappa shape index (κ3) is 3.41. The van der Waals surface area contributed by atoms with Gasteiger partial charge in [-0.25, -0.2) is 0 Å². The number of carbonyl (C=O) groups excluding carboxylic acids is 1. The maximum absolute atomic E-state index is 12.6. The van der Waals surface area contributed by atoms with Crippen LogP contribution in [-0.2, 0) is 4.79 Å². The summed E-state index contributed by atoms with van der Waals surface area (Å²) in [5.74, 6) is 1.52. The number of nitrogens with zero attached hydrogens (tertiary/aromatic N) is 1. The minimum atomic E-state index is 0.0908. The standard InChI is InChI=1S/C14H26N2OS/c1-2-11-10-16(8-9-18-11)14(17)12-6-4-3-5-7-13(12)15/h11-13H,2-10,15H2,1H3. The highest BCUT2D eigenvalue weighted by atomic mass is 32.2. The Balaban J connectivity index is 1.96. The normalized spacial score (nSPS) is 34.1. The summed E-state index contributed by atoms with van der Waals surface area (Å²) >= 11 is 2.01. The highest BCUT2D eigenvalue weighted by Crippen LogP contribution is 2.27. The first-order valence-electron chi connectivity index (χ1n) is 7.38. The zero-order chi connectivity index (χ0) is 13.0. The molecule has 0 bridgehead atoms. The first-order chi connectivity index (χ1) is 8.72. The number of hydrogen-bond donors (Lipinski definition) is 1. The summed E-state index contributed by atoms with van der Waals surface area (Å²) in [4.78, 5) is 14.7. The molecule has 2 N–H and O–H groups in total. The Morgan fingerprint density at radius 2 is 2.11 bits per heavy atom. The molecule has 1 aliphatic carbocycles. The number of hydrogen-bond acceptors (Lipinski definition) is 3. The second-order valence-electron chi connectivity index (χ2n) is 5.59. The molecule has 0 spiro atoms. The zero-order valence-electron chi connectivity index (χ0n) is 11.4. The van der Waals surface area contributed by atoms with Crippen molar-refractivity contribution in [3.63, 3.8) is 0 Å². The summed E-state index contributed by atoms with van der Waals surface area (Å²) in [5, 5.41) is 0.629. The summed E-state index contributed by atoms with van der Waals surface area (Å²) in [6, 6.07) is 0.0923. The second kappa shape index (κ2) is 6.80. The van der Waals surface area contributed by atoms with Gasteiger partial charge < -0.3 is 10.6 Å². The first-order valence-corrected chi connectivity index (χ1v) is 8.43. The molecule has 1 aliphatic heterocycles. The van der Waals surface area contributed by atoms with Crippen LogP contribution in [0.3, 0.4) is 0 Å². The molecule has 1 heterocycles. The van der Waals surface area contributed by atoms with E-state index >= 15 is 0 Å². The van der Waals surface area contributed by atoms with Gasteiger partial charge >= 0.3 is 0 Å². The van der Waals surface area contributed by atoms with E-state index in [9.17, 15) is 4.79 Å². The Morgan fingerprint density at radius 3 is 2.89 bits per heavy atom. The molecule has 104 valence electrons. The van der Waals surface area contributed by atoms with Crippen LogP contribution in [-0.4, -0.2) is 40.9 Å². The zero-order valence-corrected chi connectivity index (χ0v) is 12.3. The molecule has 3 unspecified atom stereocenters. The lowest BCUT2D eigenvalue weighted by atomic mass is 9.94. The highest BCUT2D eigenvalue weighted by molar-refractivity contribution is 8.00. The predicted molar refractivity (Wildman–Crippen MR) is 77.7 cm³/mol. The molecule has 0 radical (unpaired) electrons. The van der Waals surface area contributed by atoms with E-state index in [2.05, 4.69) is 11.8 Å². The highest BCUT2D eigenvalue weighted by Gasteiger charge is 2.32. The summed E-state index contributed by atoms with van der Waals surface area (Å²) in [5.41, 5.74) is 6.20. The molecule has 0 aromatic carbocycles. The van der Waals surface area contributed by atoms with Crippen molar-refractivity contribution >= 4 is 17.7 Å². The summed E-state index contributed by atoms with van der Waals surface area (Å²) < 4.78 is 0. The lowest BCUT2D eigenvalue weighted by molar-refractivity contribution is -0.136. The van der Waals surface area contributed by atoms with Gasteiger partial charge in [-0.3, -0.25) is 4.79 Å². The average molecular weight is 270 g/mol. The van der Waals surface area contributed by atoms with Crippen LogP contribution in [0, 0.1) is 5.92 Å².